The fourth-order valence-electron chi connectivity index (χ4n) is 1.88. The van der Waals surface area contributed by atoms with Crippen molar-refractivity contribution < 1.29 is 9.53 Å². The second kappa shape index (κ2) is 6.76. The van der Waals surface area contributed by atoms with Crippen molar-refractivity contribution in [2.75, 3.05) is 5.32 Å². The molecule has 0 aliphatic heterocycles. The van der Waals surface area contributed by atoms with Crippen LogP contribution in [0.25, 0.3) is 0 Å². The first-order valence-corrected chi connectivity index (χ1v) is 7.56. The van der Waals surface area contributed by atoms with Gasteiger partial charge in [-0.3, -0.25) is 4.79 Å². The summed E-state index contributed by atoms with van der Waals surface area (Å²) in [6.45, 7) is 5.71. The maximum atomic E-state index is 12.2. The smallest absolute Gasteiger partial charge is 0.265 e. The average molecular weight is 348 g/mol. The van der Waals surface area contributed by atoms with Gasteiger partial charge >= 0.3 is 0 Å². The van der Waals surface area contributed by atoms with E-state index in [1.165, 1.54) is 0 Å². The van der Waals surface area contributed by atoms with E-state index >= 15 is 0 Å². The van der Waals surface area contributed by atoms with Crippen LogP contribution in [0.2, 0.25) is 0 Å². The number of halogens is 1. The summed E-state index contributed by atoms with van der Waals surface area (Å²) < 4.78 is 6.62. The zero-order chi connectivity index (χ0) is 15.4. The topological polar surface area (TPSA) is 38.3 Å². The number of nitrogens with one attached hydrogen (secondary N) is 1. The third-order valence-corrected chi connectivity index (χ3v) is 3.84. The van der Waals surface area contributed by atoms with Gasteiger partial charge in [0.25, 0.3) is 5.91 Å². The number of anilines is 1. The van der Waals surface area contributed by atoms with Crippen LogP contribution >= 0.6 is 15.9 Å². The maximum absolute atomic E-state index is 12.2. The number of rotatable bonds is 4. The highest BCUT2D eigenvalue weighted by atomic mass is 79.9. The van der Waals surface area contributed by atoms with Crippen molar-refractivity contribution in [2.45, 2.75) is 26.9 Å². The number of amides is 1. The summed E-state index contributed by atoms with van der Waals surface area (Å²) in [5.41, 5.74) is 2.86. The first-order chi connectivity index (χ1) is 9.97. The molecule has 2 rings (SSSR count). The number of carbonyl (C=O) groups is 1. The molecule has 0 saturated heterocycles. The molecule has 0 radical (unpaired) electrons. The van der Waals surface area contributed by atoms with E-state index < -0.39 is 6.10 Å². The molecule has 2 aromatic rings. The van der Waals surface area contributed by atoms with Gasteiger partial charge in [0.2, 0.25) is 0 Å². The van der Waals surface area contributed by atoms with Crippen molar-refractivity contribution in [3.05, 3.63) is 58.1 Å². The predicted molar refractivity (Wildman–Crippen MR) is 88.8 cm³/mol. The molecule has 4 heteroatoms. The van der Waals surface area contributed by atoms with Crippen LogP contribution in [0.4, 0.5) is 5.69 Å². The van der Waals surface area contributed by atoms with Crippen LogP contribution in [0.3, 0.4) is 0 Å². The quantitative estimate of drug-likeness (QED) is 0.885. The number of ether oxygens (including phenoxy) is 1. The van der Waals surface area contributed by atoms with Crippen LogP contribution in [-0.2, 0) is 4.79 Å². The first-order valence-electron chi connectivity index (χ1n) is 6.76. The van der Waals surface area contributed by atoms with Crippen LogP contribution < -0.4 is 10.1 Å². The van der Waals surface area contributed by atoms with Gasteiger partial charge in [-0.15, -0.1) is 0 Å². The molecule has 0 spiro atoms. The lowest BCUT2D eigenvalue weighted by molar-refractivity contribution is -0.122. The van der Waals surface area contributed by atoms with Crippen LogP contribution in [0.1, 0.15) is 18.1 Å². The molecular formula is C17H18BrNO2. The molecule has 0 aromatic heterocycles. The summed E-state index contributed by atoms with van der Waals surface area (Å²) in [5, 5.41) is 2.85. The highest BCUT2D eigenvalue weighted by Crippen LogP contribution is 2.23. The van der Waals surface area contributed by atoms with Gasteiger partial charge in [-0.25, -0.2) is 0 Å². The van der Waals surface area contributed by atoms with Crippen LogP contribution in [0.15, 0.2) is 46.9 Å². The second-order valence-corrected chi connectivity index (χ2v) is 5.85. The highest BCUT2D eigenvalue weighted by Gasteiger charge is 2.16. The zero-order valence-electron chi connectivity index (χ0n) is 12.3. The molecular weight excluding hydrogens is 330 g/mol. The number of hydrogen-bond donors (Lipinski definition) is 1. The Morgan fingerprint density at radius 1 is 1.19 bits per heavy atom. The molecule has 3 nitrogen and oxygen atoms in total. The summed E-state index contributed by atoms with van der Waals surface area (Å²) in [6, 6.07) is 13.4. The fourth-order valence-corrected chi connectivity index (χ4v) is 2.26. The molecule has 1 amide bonds. The van der Waals surface area contributed by atoms with Crippen molar-refractivity contribution in [2.24, 2.45) is 0 Å². The Morgan fingerprint density at radius 2 is 1.90 bits per heavy atom. The van der Waals surface area contributed by atoms with Crippen molar-refractivity contribution in [1.82, 2.24) is 0 Å². The fraction of sp³-hybridized carbons (Fsp3) is 0.235. The summed E-state index contributed by atoms with van der Waals surface area (Å²) in [7, 11) is 0. The molecule has 21 heavy (non-hydrogen) atoms. The van der Waals surface area contributed by atoms with Gasteiger partial charge in [0.05, 0.1) is 5.69 Å². The Kier molecular flexibility index (Phi) is 5.02. The van der Waals surface area contributed by atoms with Gasteiger partial charge in [-0.05, 0) is 66.0 Å². The second-order valence-electron chi connectivity index (χ2n) is 5.00. The van der Waals surface area contributed by atoms with Gasteiger partial charge in [-0.2, -0.15) is 0 Å². The molecule has 0 heterocycles. The molecule has 0 bridgehead atoms. The first kappa shape index (κ1) is 15.6. The average Bonchev–Trinajstić information content (AvgIpc) is 2.45. The van der Waals surface area contributed by atoms with E-state index in [1.807, 2.05) is 56.3 Å². The standard InChI is InChI=1S/C17H18BrNO2/c1-11-8-9-12(2)16(10-11)21-13(3)17(20)19-15-7-5-4-6-14(15)18/h4-10,13H,1-3H3,(H,19,20)/t13-/m1/s1. The molecule has 1 N–H and O–H groups in total. The third kappa shape index (κ3) is 4.08. The highest BCUT2D eigenvalue weighted by molar-refractivity contribution is 9.10. The number of carbonyl (C=O) groups excluding carboxylic acids is 1. The van der Waals surface area contributed by atoms with E-state index in [0.717, 1.165) is 27.0 Å². The molecule has 0 fully saturated rings. The molecule has 0 aliphatic rings. The number of benzene rings is 2. The van der Waals surface area contributed by atoms with Gasteiger partial charge in [-0.1, -0.05) is 24.3 Å². The lowest BCUT2D eigenvalue weighted by atomic mass is 10.1. The van der Waals surface area contributed by atoms with E-state index in [4.69, 9.17) is 4.74 Å². The molecule has 1 atom stereocenters. The minimum absolute atomic E-state index is 0.178. The minimum atomic E-state index is -0.572. The summed E-state index contributed by atoms with van der Waals surface area (Å²) in [6.07, 6.45) is -0.572. The third-order valence-electron chi connectivity index (χ3n) is 3.15. The number of hydrogen-bond acceptors (Lipinski definition) is 2. The molecule has 110 valence electrons. The summed E-state index contributed by atoms with van der Waals surface area (Å²) >= 11 is 3.41. The summed E-state index contributed by atoms with van der Waals surface area (Å²) in [4.78, 5) is 12.2. The Balaban J connectivity index is 2.06. The Bertz CT molecular complexity index is 655. The number of aryl methyl sites for hydroxylation is 2. The van der Waals surface area contributed by atoms with Gasteiger partial charge < -0.3 is 10.1 Å². The largest absolute Gasteiger partial charge is 0.481 e. The molecule has 2 aromatic carbocycles. The monoisotopic (exact) mass is 347 g/mol. The van der Waals surface area contributed by atoms with Crippen LogP contribution in [0, 0.1) is 13.8 Å². The predicted octanol–water partition coefficient (Wildman–Crippen LogP) is 4.47. The summed E-state index contributed by atoms with van der Waals surface area (Å²) in [5.74, 6) is 0.563. The maximum Gasteiger partial charge on any atom is 0.265 e. The van der Waals surface area contributed by atoms with Gasteiger partial charge in [0.1, 0.15) is 5.75 Å². The van der Waals surface area contributed by atoms with E-state index in [1.54, 1.807) is 6.92 Å². The Labute approximate surface area is 133 Å². The SMILES string of the molecule is Cc1ccc(C)c(O[C@H](C)C(=O)Nc2ccccc2Br)c1. The molecule has 0 unspecified atom stereocenters. The van der Waals surface area contributed by atoms with E-state index in [9.17, 15) is 4.79 Å². The van der Waals surface area contributed by atoms with Gasteiger partial charge in [0, 0.05) is 4.47 Å². The lowest BCUT2D eigenvalue weighted by Gasteiger charge is -2.17. The van der Waals surface area contributed by atoms with Crippen LogP contribution in [0.5, 0.6) is 5.75 Å². The lowest BCUT2D eigenvalue weighted by Crippen LogP contribution is -2.30. The number of para-hydroxylation sites is 1. The van der Waals surface area contributed by atoms with Crippen LogP contribution in [-0.4, -0.2) is 12.0 Å². The normalized spacial score (nSPS) is 11.8. The van der Waals surface area contributed by atoms with Crippen molar-refractivity contribution in [1.29, 1.82) is 0 Å². The Morgan fingerprint density at radius 3 is 2.62 bits per heavy atom. The van der Waals surface area contributed by atoms with Gasteiger partial charge in [0.15, 0.2) is 6.10 Å². The Hall–Kier alpha value is -1.81. The van der Waals surface area contributed by atoms with Crippen molar-refractivity contribution in [3.8, 4) is 5.75 Å². The van der Waals surface area contributed by atoms with Crippen molar-refractivity contribution in [3.63, 3.8) is 0 Å². The molecule has 0 saturated carbocycles. The van der Waals surface area contributed by atoms with E-state index in [0.29, 0.717) is 0 Å². The van der Waals surface area contributed by atoms with Crippen molar-refractivity contribution >= 4 is 27.5 Å². The molecule has 0 aliphatic carbocycles. The minimum Gasteiger partial charge on any atom is -0.481 e. The van der Waals surface area contributed by atoms with E-state index in [2.05, 4.69) is 21.2 Å². The van der Waals surface area contributed by atoms with E-state index in [-0.39, 0.29) is 5.91 Å². The zero-order valence-corrected chi connectivity index (χ0v) is 13.9.